The molecule has 2 aromatic rings. The van der Waals surface area contributed by atoms with Crippen molar-refractivity contribution in [2.45, 2.75) is 31.7 Å². The highest BCUT2D eigenvalue weighted by atomic mass is 16.5. The lowest BCUT2D eigenvalue weighted by Crippen LogP contribution is -2.56. The van der Waals surface area contributed by atoms with Crippen molar-refractivity contribution in [2.24, 2.45) is 11.8 Å². The van der Waals surface area contributed by atoms with E-state index in [2.05, 4.69) is 27.1 Å². The summed E-state index contributed by atoms with van der Waals surface area (Å²) in [6.45, 7) is 7.38. The van der Waals surface area contributed by atoms with Gasteiger partial charge in [-0.1, -0.05) is 6.07 Å². The first kappa shape index (κ1) is 24.3. The smallest absolute Gasteiger partial charge is 0.252 e. The van der Waals surface area contributed by atoms with E-state index in [0.717, 1.165) is 55.8 Å². The van der Waals surface area contributed by atoms with Crippen LogP contribution in [0.5, 0.6) is 0 Å². The van der Waals surface area contributed by atoms with Crippen molar-refractivity contribution < 1.29 is 14.3 Å². The third-order valence-corrected chi connectivity index (χ3v) is 8.25. The molecule has 3 fully saturated rings. The monoisotopic (exact) mass is 481 g/mol. The normalized spacial score (nSPS) is 22.4. The molecule has 190 valence electrons. The fraction of sp³-hybridized carbons (Fsp3) is 0.630. The number of morpholine rings is 1. The first-order chi connectivity index (χ1) is 17.1. The number of aromatic amines is 1. The maximum absolute atomic E-state index is 13.7. The average Bonchev–Trinajstić information content (AvgIpc) is 3.37. The molecule has 0 saturated carbocycles. The van der Waals surface area contributed by atoms with E-state index in [0.29, 0.717) is 31.2 Å². The quantitative estimate of drug-likeness (QED) is 0.661. The zero-order chi connectivity index (χ0) is 24.2. The van der Waals surface area contributed by atoms with Gasteiger partial charge in [0.05, 0.1) is 13.2 Å². The van der Waals surface area contributed by atoms with E-state index in [1.807, 2.05) is 35.4 Å². The Balaban J connectivity index is 1.23. The van der Waals surface area contributed by atoms with Gasteiger partial charge >= 0.3 is 0 Å². The molecule has 2 N–H and O–H groups in total. The van der Waals surface area contributed by atoms with Crippen LogP contribution in [0.3, 0.4) is 0 Å². The average molecular weight is 482 g/mol. The lowest BCUT2D eigenvalue weighted by atomic mass is 9.79. The van der Waals surface area contributed by atoms with Crippen molar-refractivity contribution in [1.29, 1.82) is 0 Å². The largest absolute Gasteiger partial charge is 0.379 e. The Hall–Kier alpha value is -2.42. The van der Waals surface area contributed by atoms with Crippen molar-refractivity contribution in [2.75, 3.05) is 66.1 Å². The van der Waals surface area contributed by atoms with E-state index in [4.69, 9.17) is 4.74 Å². The van der Waals surface area contributed by atoms with Crippen molar-refractivity contribution >= 4 is 22.7 Å². The van der Waals surface area contributed by atoms with Crippen LogP contribution in [0.4, 0.5) is 0 Å². The minimum Gasteiger partial charge on any atom is -0.379 e. The van der Waals surface area contributed by atoms with E-state index in [1.165, 1.54) is 25.9 Å². The Kier molecular flexibility index (Phi) is 7.70. The second-order valence-electron chi connectivity index (χ2n) is 10.5. The van der Waals surface area contributed by atoms with Gasteiger partial charge in [0, 0.05) is 50.0 Å². The topological polar surface area (TPSA) is 80.9 Å². The molecule has 1 atom stereocenters. The van der Waals surface area contributed by atoms with Crippen LogP contribution in [0.25, 0.3) is 10.9 Å². The van der Waals surface area contributed by atoms with E-state index < -0.39 is 6.04 Å². The van der Waals surface area contributed by atoms with Crippen LogP contribution in [0.1, 0.15) is 36.0 Å². The molecule has 3 aliphatic heterocycles. The molecule has 0 bridgehead atoms. The van der Waals surface area contributed by atoms with Gasteiger partial charge in [-0.05, 0) is 81.2 Å². The molecule has 5 rings (SSSR count). The van der Waals surface area contributed by atoms with Gasteiger partial charge in [-0.15, -0.1) is 0 Å². The van der Waals surface area contributed by atoms with Crippen molar-refractivity contribution in [1.82, 2.24) is 25.0 Å². The molecule has 35 heavy (non-hydrogen) atoms. The van der Waals surface area contributed by atoms with E-state index in [1.54, 1.807) is 0 Å². The third-order valence-electron chi connectivity index (χ3n) is 8.25. The summed E-state index contributed by atoms with van der Waals surface area (Å²) in [6.07, 6.45) is 6.56. The van der Waals surface area contributed by atoms with Crippen molar-refractivity contribution in [3.8, 4) is 0 Å². The van der Waals surface area contributed by atoms with Gasteiger partial charge in [-0.2, -0.15) is 0 Å². The van der Waals surface area contributed by atoms with Gasteiger partial charge < -0.3 is 24.8 Å². The van der Waals surface area contributed by atoms with Crippen LogP contribution in [0.15, 0.2) is 30.5 Å². The van der Waals surface area contributed by atoms with Gasteiger partial charge in [0.2, 0.25) is 5.91 Å². The number of ether oxygens (including phenoxy) is 1. The number of fused-ring (bicyclic) bond motifs is 1. The molecule has 2 amide bonds. The van der Waals surface area contributed by atoms with Crippen molar-refractivity contribution in [3.63, 3.8) is 0 Å². The highest BCUT2D eigenvalue weighted by molar-refractivity contribution is 6.00. The second kappa shape index (κ2) is 11.1. The Bertz CT molecular complexity index is 1000. The Labute approximate surface area is 208 Å². The summed E-state index contributed by atoms with van der Waals surface area (Å²) in [5.74, 6) is 1.35. The molecular formula is C27H39N5O3. The SMILES string of the molecule is CN1CCC(C2CCN(C(=O)[C@@H](CN3CCOCC3)NC(=O)c3ccc4cc[nH]c4c3)CC2)CC1. The van der Waals surface area contributed by atoms with Gasteiger partial charge in [0.25, 0.3) is 5.91 Å². The maximum atomic E-state index is 13.7. The van der Waals surface area contributed by atoms with Gasteiger partial charge in [0.15, 0.2) is 0 Å². The fourth-order valence-corrected chi connectivity index (χ4v) is 5.97. The summed E-state index contributed by atoms with van der Waals surface area (Å²) in [5.41, 5.74) is 1.49. The Morgan fingerprint density at radius 2 is 1.69 bits per heavy atom. The molecular weight excluding hydrogens is 442 g/mol. The standard InChI is InChI=1S/C27H39N5O3/c1-30-10-5-20(6-11-30)21-7-12-32(13-8-21)27(34)25(19-31-14-16-35-17-15-31)29-26(33)23-3-2-22-4-9-28-24(22)18-23/h2-4,9,18,20-21,25,28H,5-8,10-17,19H2,1H3,(H,29,33)/t25-/m1/s1. The summed E-state index contributed by atoms with van der Waals surface area (Å²) in [7, 11) is 2.20. The Morgan fingerprint density at radius 1 is 1.00 bits per heavy atom. The molecule has 3 aliphatic rings. The number of amides is 2. The molecule has 8 nitrogen and oxygen atoms in total. The first-order valence-electron chi connectivity index (χ1n) is 13.2. The molecule has 0 unspecified atom stereocenters. The lowest BCUT2D eigenvalue weighted by Gasteiger charge is -2.40. The number of carbonyl (C=O) groups excluding carboxylic acids is 2. The number of benzene rings is 1. The lowest BCUT2D eigenvalue weighted by molar-refractivity contribution is -0.135. The van der Waals surface area contributed by atoms with Crippen LogP contribution >= 0.6 is 0 Å². The summed E-state index contributed by atoms with van der Waals surface area (Å²) < 4.78 is 5.49. The number of hydrogen-bond donors (Lipinski definition) is 2. The highest BCUT2D eigenvalue weighted by Gasteiger charge is 2.34. The molecule has 3 saturated heterocycles. The number of likely N-dealkylation sites (tertiary alicyclic amines) is 2. The summed E-state index contributed by atoms with van der Waals surface area (Å²) >= 11 is 0. The number of aromatic nitrogens is 1. The number of hydrogen-bond acceptors (Lipinski definition) is 5. The summed E-state index contributed by atoms with van der Waals surface area (Å²) in [4.78, 5) is 36.7. The highest BCUT2D eigenvalue weighted by Crippen LogP contribution is 2.32. The molecule has 4 heterocycles. The molecule has 0 aliphatic carbocycles. The zero-order valence-corrected chi connectivity index (χ0v) is 20.9. The fourth-order valence-electron chi connectivity index (χ4n) is 5.97. The number of nitrogens with one attached hydrogen (secondary N) is 2. The zero-order valence-electron chi connectivity index (χ0n) is 20.9. The molecule has 1 aromatic carbocycles. The number of piperidine rings is 2. The van der Waals surface area contributed by atoms with E-state index >= 15 is 0 Å². The molecule has 1 aromatic heterocycles. The van der Waals surface area contributed by atoms with Gasteiger partial charge in [0.1, 0.15) is 6.04 Å². The number of nitrogens with zero attached hydrogens (tertiary/aromatic N) is 3. The first-order valence-corrected chi connectivity index (χ1v) is 13.2. The third kappa shape index (κ3) is 5.88. The van der Waals surface area contributed by atoms with E-state index in [-0.39, 0.29) is 11.8 Å². The molecule has 0 radical (unpaired) electrons. The number of carbonyl (C=O) groups is 2. The van der Waals surface area contributed by atoms with Crippen LogP contribution in [0, 0.1) is 11.8 Å². The summed E-state index contributed by atoms with van der Waals surface area (Å²) in [6, 6.07) is 7.05. The Morgan fingerprint density at radius 3 is 2.40 bits per heavy atom. The maximum Gasteiger partial charge on any atom is 0.252 e. The predicted molar refractivity (Wildman–Crippen MR) is 136 cm³/mol. The predicted octanol–water partition coefficient (Wildman–Crippen LogP) is 2.18. The van der Waals surface area contributed by atoms with Crippen molar-refractivity contribution in [3.05, 3.63) is 36.0 Å². The van der Waals surface area contributed by atoms with Crippen LogP contribution in [-0.2, 0) is 9.53 Å². The number of H-pyrrole nitrogens is 1. The van der Waals surface area contributed by atoms with Gasteiger partial charge in [-0.3, -0.25) is 14.5 Å². The van der Waals surface area contributed by atoms with Crippen LogP contribution in [0.2, 0.25) is 0 Å². The summed E-state index contributed by atoms with van der Waals surface area (Å²) in [5, 5.41) is 4.15. The van der Waals surface area contributed by atoms with Crippen LogP contribution in [-0.4, -0.2) is 104 Å². The molecule has 8 heteroatoms. The minimum absolute atomic E-state index is 0.0487. The number of rotatable bonds is 6. The second-order valence-corrected chi connectivity index (χ2v) is 10.5. The van der Waals surface area contributed by atoms with Gasteiger partial charge in [-0.25, -0.2) is 0 Å². The van der Waals surface area contributed by atoms with Crippen LogP contribution < -0.4 is 5.32 Å². The minimum atomic E-state index is -0.556. The molecule has 0 spiro atoms. The van der Waals surface area contributed by atoms with E-state index in [9.17, 15) is 9.59 Å².